The van der Waals surface area contributed by atoms with Crippen LogP contribution in [-0.4, -0.2) is 20.6 Å². The molecule has 0 fully saturated rings. The molecule has 1 amide bonds. The van der Waals surface area contributed by atoms with Gasteiger partial charge in [-0.1, -0.05) is 6.07 Å². The van der Waals surface area contributed by atoms with Crippen LogP contribution in [-0.2, 0) is 23.0 Å². The van der Waals surface area contributed by atoms with E-state index in [-0.39, 0.29) is 36.7 Å². The summed E-state index contributed by atoms with van der Waals surface area (Å²) < 4.78 is 30.0. The van der Waals surface area contributed by atoms with Gasteiger partial charge in [-0.25, -0.2) is 13.1 Å². The van der Waals surface area contributed by atoms with Crippen LogP contribution >= 0.6 is 12.4 Å². The number of nitrogen functional groups attached to an aromatic ring is 1. The van der Waals surface area contributed by atoms with Crippen molar-refractivity contribution in [3.05, 3.63) is 53.0 Å². The van der Waals surface area contributed by atoms with E-state index in [1.54, 1.807) is 12.1 Å². The van der Waals surface area contributed by atoms with Crippen LogP contribution in [0.3, 0.4) is 0 Å². The SMILES string of the molecule is CS(=O)(=O)NCc1ccc(C(=O)NC2CCCc3cc(N)ccc32)o1.Cl. The monoisotopic (exact) mass is 399 g/mol. The highest BCUT2D eigenvalue weighted by Crippen LogP contribution is 2.31. The highest BCUT2D eigenvalue weighted by molar-refractivity contribution is 7.88. The fraction of sp³-hybridized carbons (Fsp3) is 0.353. The number of anilines is 1. The van der Waals surface area contributed by atoms with Crippen molar-refractivity contribution >= 4 is 34.0 Å². The van der Waals surface area contributed by atoms with Crippen LogP contribution in [0, 0.1) is 0 Å². The van der Waals surface area contributed by atoms with Gasteiger partial charge in [0.25, 0.3) is 5.91 Å². The second kappa shape index (κ2) is 8.11. The number of benzene rings is 1. The van der Waals surface area contributed by atoms with Gasteiger partial charge in [-0.2, -0.15) is 0 Å². The second-order valence-corrected chi connectivity index (χ2v) is 8.07. The molecule has 1 aliphatic rings. The standard InChI is InChI=1S/C17H21N3O4S.ClH/c1-25(22,23)19-10-13-6-8-16(24-13)17(21)20-15-4-2-3-11-9-12(18)5-7-14(11)15;/h5-9,15,19H,2-4,10,18H2,1H3,(H,20,21);1H. The van der Waals surface area contributed by atoms with Gasteiger partial charge in [-0.05, 0) is 54.7 Å². The largest absolute Gasteiger partial charge is 0.455 e. The van der Waals surface area contributed by atoms with Crippen molar-refractivity contribution in [3.63, 3.8) is 0 Å². The first kappa shape index (κ1) is 20.3. The molecule has 0 bridgehead atoms. The Labute approximate surface area is 158 Å². The van der Waals surface area contributed by atoms with Crippen molar-refractivity contribution in [1.82, 2.24) is 10.0 Å². The van der Waals surface area contributed by atoms with Crippen molar-refractivity contribution in [2.24, 2.45) is 0 Å². The summed E-state index contributed by atoms with van der Waals surface area (Å²) in [4.78, 5) is 12.4. The Morgan fingerprint density at radius 1 is 1.31 bits per heavy atom. The molecule has 1 heterocycles. The number of aryl methyl sites for hydroxylation is 1. The Kier molecular flexibility index (Phi) is 6.33. The number of hydrogen-bond acceptors (Lipinski definition) is 5. The van der Waals surface area contributed by atoms with Crippen molar-refractivity contribution in [3.8, 4) is 0 Å². The number of hydrogen-bond donors (Lipinski definition) is 3. The predicted octanol–water partition coefficient (Wildman–Crippen LogP) is 2.14. The molecule has 1 unspecified atom stereocenters. The third kappa shape index (κ3) is 5.00. The van der Waals surface area contributed by atoms with E-state index in [9.17, 15) is 13.2 Å². The fourth-order valence-electron chi connectivity index (χ4n) is 3.01. The number of halogens is 1. The number of rotatable bonds is 5. The van der Waals surface area contributed by atoms with Crippen molar-refractivity contribution < 1.29 is 17.6 Å². The number of furan rings is 1. The van der Waals surface area contributed by atoms with Gasteiger partial charge < -0.3 is 15.5 Å². The zero-order valence-electron chi connectivity index (χ0n) is 14.3. The number of fused-ring (bicyclic) bond motifs is 1. The van der Waals surface area contributed by atoms with Crippen molar-refractivity contribution in [2.75, 3.05) is 12.0 Å². The average Bonchev–Trinajstić information content (AvgIpc) is 3.01. The summed E-state index contributed by atoms with van der Waals surface area (Å²) in [6, 6.07) is 8.79. The van der Waals surface area contributed by atoms with Crippen LogP contribution < -0.4 is 15.8 Å². The minimum absolute atomic E-state index is 0. The zero-order chi connectivity index (χ0) is 18.0. The third-order valence-corrected chi connectivity index (χ3v) is 4.85. The third-order valence-electron chi connectivity index (χ3n) is 4.18. The smallest absolute Gasteiger partial charge is 0.287 e. The van der Waals surface area contributed by atoms with E-state index in [0.29, 0.717) is 5.76 Å². The number of carbonyl (C=O) groups is 1. The maximum absolute atomic E-state index is 12.4. The molecule has 0 saturated heterocycles. The van der Waals surface area contributed by atoms with Gasteiger partial charge in [-0.3, -0.25) is 4.79 Å². The van der Waals surface area contributed by atoms with E-state index in [4.69, 9.17) is 10.2 Å². The summed E-state index contributed by atoms with van der Waals surface area (Å²) in [6.07, 6.45) is 3.85. The predicted molar refractivity (Wildman–Crippen MR) is 102 cm³/mol. The van der Waals surface area contributed by atoms with E-state index in [1.807, 2.05) is 18.2 Å². The van der Waals surface area contributed by atoms with Gasteiger partial charge in [0.2, 0.25) is 10.0 Å². The van der Waals surface area contributed by atoms with Gasteiger partial charge in [-0.15, -0.1) is 12.4 Å². The van der Waals surface area contributed by atoms with Gasteiger partial charge in [0.1, 0.15) is 5.76 Å². The van der Waals surface area contributed by atoms with Gasteiger partial charge in [0, 0.05) is 5.69 Å². The summed E-state index contributed by atoms with van der Waals surface area (Å²) in [7, 11) is -3.31. The molecular formula is C17H22ClN3O4S. The summed E-state index contributed by atoms with van der Waals surface area (Å²) in [5.74, 6) is 0.223. The molecule has 1 aliphatic carbocycles. The van der Waals surface area contributed by atoms with Crippen molar-refractivity contribution in [1.29, 1.82) is 0 Å². The molecule has 3 rings (SSSR count). The quantitative estimate of drug-likeness (QED) is 0.666. The zero-order valence-corrected chi connectivity index (χ0v) is 16.0. The maximum atomic E-state index is 12.4. The maximum Gasteiger partial charge on any atom is 0.287 e. The van der Waals surface area contributed by atoms with E-state index < -0.39 is 10.0 Å². The Hall–Kier alpha value is -2.03. The molecule has 142 valence electrons. The molecule has 1 aromatic carbocycles. The summed E-state index contributed by atoms with van der Waals surface area (Å²) in [5.41, 5.74) is 8.80. The summed E-state index contributed by atoms with van der Waals surface area (Å²) in [6.45, 7) is 0.0116. The van der Waals surface area contributed by atoms with Crippen LogP contribution in [0.1, 0.15) is 46.3 Å². The van der Waals surface area contributed by atoms with Crippen LogP contribution in [0.2, 0.25) is 0 Å². The molecule has 1 atom stereocenters. The number of nitrogens with two attached hydrogens (primary N) is 1. The molecule has 26 heavy (non-hydrogen) atoms. The average molecular weight is 400 g/mol. The highest BCUT2D eigenvalue weighted by Gasteiger charge is 2.23. The number of nitrogens with one attached hydrogen (secondary N) is 2. The molecule has 0 radical (unpaired) electrons. The van der Waals surface area contributed by atoms with E-state index in [0.717, 1.165) is 42.3 Å². The Balaban J connectivity index is 0.00000243. The molecule has 0 spiro atoms. The normalized spacial score (nSPS) is 16.4. The fourth-order valence-corrected chi connectivity index (χ4v) is 3.42. The molecule has 2 aromatic rings. The second-order valence-electron chi connectivity index (χ2n) is 6.24. The topological polar surface area (TPSA) is 114 Å². The lowest BCUT2D eigenvalue weighted by atomic mass is 9.87. The minimum atomic E-state index is -3.31. The molecule has 4 N–H and O–H groups in total. The first-order valence-corrected chi connectivity index (χ1v) is 9.93. The Morgan fingerprint density at radius 2 is 2.08 bits per heavy atom. The first-order valence-electron chi connectivity index (χ1n) is 8.04. The van der Waals surface area contributed by atoms with Crippen LogP contribution in [0.5, 0.6) is 0 Å². The molecule has 0 saturated carbocycles. The highest BCUT2D eigenvalue weighted by atomic mass is 35.5. The Bertz CT molecular complexity index is 895. The number of sulfonamides is 1. The van der Waals surface area contributed by atoms with Crippen LogP contribution in [0.25, 0.3) is 0 Å². The lowest BCUT2D eigenvalue weighted by Gasteiger charge is -2.26. The van der Waals surface area contributed by atoms with Gasteiger partial charge in [0.05, 0.1) is 18.8 Å². The van der Waals surface area contributed by atoms with Crippen LogP contribution in [0.15, 0.2) is 34.7 Å². The molecule has 0 aliphatic heterocycles. The van der Waals surface area contributed by atoms with E-state index in [1.165, 1.54) is 0 Å². The van der Waals surface area contributed by atoms with Crippen molar-refractivity contribution in [2.45, 2.75) is 31.8 Å². The van der Waals surface area contributed by atoms with Gasteiger partial charge in [0.15, 0.2) is 5.76 Å². The molecular weight excluding hydrogens is 378 g/mol. The lowest BCUT2D eigenvalue weighted by Crippen LogP contribution is -2.30. The lowest BCUT2D eigenvalue weighted by molar-refractivity contribution is 0.0903. The summed E-state index contributed by atoms with van der Waals surface area (Å²) in [5, 5.41) is 2.98. The minimum Gasteiger partial charge on any atom is -0.455 e. The Morgan fingerprint density at radius 3 is 2.81 bits per heavy atom. The summed E-state index contributed by atoms with van der Waals surface area (Å²) >= 11 is 0. The van der Waals surface area contributed by atoms with Crippen LogP contribution in [0.4, 0.5) is 5.69 Å². The van der Waals surface area contributed by atoms with E-state index in [2.05, 4.69) is 10.0 Å². The molecule has 7 nitrogen and oxygen atoms in total. The van der Waals surface area contributed by atoms with E-state index >= 15 is 0 Å². The van der Waals surface area contributed by atoms with Gasteiger partial charge >= 0.3 is 0 Å². The molecule has 9 heteroatoms. The first-order chi connectivity index (χ1) is 11.8. The number of carbonyl (C=O) groups excluding carboxylic acids is 1. The number of amides is 1. The molecule has 1 aromatic heterocycles.